The highest BCUT2D eigenvalue weighted by atomic mass is 19.1. The predicted octanol–water partition coefficient (Wildman–Crippen LogP) is 2.60. The van der Waals surface area contributed by atoms with Gasteiger partial charge in [0.2, 0.25) is 0 Å². The van der Waals surface area contributed by atoms with E-state index in [0.29, 0.717) is 17.0 Å². The van der Waals surface area contributed by atoms with E-state index < -0.39 is 4.92 Å². The minimum Gasteiger partial charge on any atom is -0.489 e. The molecule has 2 aromatic rings. The van der Waals surface area contributed by atoms with Crippen molar-refractivity contribution in [2.24, 2.45) is 5.84 Å². The van der Waals surface area contributed by atoms with Gasteiger partial charge < -0.3 is 10.2 Å². The molecule has 0 radical (unpaired) electrons. The molecular weight excluding hydrogens is 265 g/mol. The minimum absolute atomic E-state index is 0.0540. The maximum atomic E-state index is 12.8. The number of hydrogen-bond donors (Lipinski definition) is 2. The van der Waals surface area contributed by atoms with Crippen molar-refractivity contribution in [3.8, 4) is 5.75 Å². The van der Waals surface area contributed by atoms with E-state index in [0.717, 1.165) is 0 Å². The van der Waals surface area contributed by atoms with Gasteiger partial charge in [0.15, 0.2) is 0 Å². The number of halogens is 1. The van der Waals surface area contributed by atoms with Crippen LogP contribution in [0.5, 0.6) is 5.75 Å². The van der Waals surface area contributed by atoms with Crippen LogP contribution in [0.25, 0.3) is 0 Å². The van der Waals surface area contributed by atoms with Crippen molar-refractivity contribution in [3.05, 3.63) is 64.0 Å². The van der Waals surface area contributed by atoms with Crippen molar-refractivity contribution in [3.63, 3.8) is 0 Å². The van der Waals surface area contributed by atoms with Gasteiger partial charge in [-0.05, 0) is 30.3 Å². The molecule has 0 aromatic heterocycles. The van der Waals surface area contributed by atoms with Gasteiger partial charge in [0, 0.05) is 17.7 Å². The molecule has 0 bridgehead atoms. The zero-order valence-corrected chi connectivity index (χ0v) is 10.4. The van der Waals surface area contributed by atoms with Crippen LogP contribution in [0.4, 0.5) is 15.8 Å². The van der Waals surface area contributed by atoms with Gasteiger partial charge >= 0.3 is 0 Å². The molecule has 0 spiro atoms. The van der Waals surface area contributed by atoms with E-state index in [1.807, 2.05) is 0 Å². The van der Waals surface area contributed by atoms with Gasteiger partial charge in [-0.3, -0.25) is 16.0 Å². The van der Waals surface area contributed by atoms with Crippen molar-refractivity contribution in [2.75, 3.05) is 5.43 Å². The molecule has 0 amide bonds. The first-order chi connectivity index (χ1) is 9.60. The fourth-order valence-electron chi connectivity index (χ4n) is 1.65. The number of hydrogen-bond acceptors (Lipinski definition) is 5. The Morgan fingerprint density at radius 1 is 1.25 bits per heavy atom. The van der Waals surface area contributed by atoms with Crippen molar-refractivity contribution in [1.29, 1.82) is 0 Å². The van der Waals surface area contributed by atoms with E-state index in [1.165, 1.54) is 42.5 Å². The van der Waals surface area contributed by atoms with Gasteiger partial charge in [-0.2, -0.15) is 0 Å². The van der Waals surface area contributed by atoms with Crippen LogP contribution >= 0.6 is 0 Å². The predicted molar refractivity (Wildman–Crippen MR) is 71.6 cm³/mol. The van der Waals surface area contributed by atoms with Gasteiger partial charge in [0.05, 0.1) is 10.6 Å². The number of rotatable bonds is 5. The molecule has 0 saturated heterocycles. The highest BCUT2D eigenvalue weighted by Crippen LogP contribution is 2.23. The molecule has 0 aliphatic heterocycles. The molecule has 0 fully saturated rings. The van der Waals surface area contributed by atoms with E-state index >= 15 is 0 Å². The standard InChI is InChI=1S/C13H12FN3O3/c14-10-1-4-12(5-2-10)20-8-9-7-11(17(18)19)3-6-13(9)16-15/h1-7,16H,8,15H2. The third kappa shape index (κ3) is 3.21. The number of anilines is 1. The first kappa shape index (κ1) is 13.8. The first-order valence-electron chi connectivity index (χ1n) is 5.72. The lowest BCUT2D eigenvalue weighted by molar-refractivity contribution is -0.384. The lowest BCUT2D eigenvalue weighted by Gasteiger charge is -2.10. The summed E-state index contributed by atoms with van der Waals surface area (Å²) in [6, 6.07) is 9.71. The molecule has 0 unspecified atom stereocenters. The molecule has 7 heteroatoms. The number of nitrogens with one attached hydrogen (secondary N) is 1. The summed E-state index contributed by atoms with van der Waals surface area (Å²) in [5.74, 6) is 5.44. The average Bonchev–Trinajstić information content (AvgIpc) is 2.46. The summed E-state index contributed by atoms with van der Waals surface area (Å²) < 4.78 is 18.2. The van der Waals surface area contributed by atoms with Gasteiger partial charge in [0.1, 0.15) is 18.2 Å². The molecule has 0 aliphatic rings. The maximum Gasteiger partial charge on any atom is 0.269 e. The number of ether oxygens (including phenoxy) is 1. The minimum atomic E-state index is -0.498. The topological polar surface area (TPSA) is 90.4 Å². The fraction of sp³-hybridized carbons (Fsp3) is 0.0769. The largest absolute Gasteiger partial charge is 0.489 e. The zero-order chi connectivity index (χ0) is 14.5. The molecule has 104 valence electrons. The highest BCUT2D eigenvalue weighted by molar-refractivity contribution is 5.55. The molecule has 20 heavy (non-hydrogen) atoms. The molecule has 0 atom stereocenters. The second-order valence-corrected chi connectivity index (χ2v) is 3.99. The van der Waals surface area contributed by atoms with Crippen molar-refractivity contribution >= 4 is 11.4 Å². The molecule has 6 nitrogen and oxygen atoms in total. The van der Waals surface area contributed by atoms with Crippen molar-refractivity contribution in [2.45, 2.75) is 6.61 Å². The summed E-state index contributed by atoms with van der Waals surface area (Å²) in [5.41, 5.74) is 3.45. The first-order valence-corrected chi connectivity index (χ1v) is 5.72. The van der Waals surface area contributed by atoms with E-state index in [4.69, 9.17) is 10.6 Å². The Labute approximate surface area is 114 Å². The summed E-state index contributed by atoms with van der Waals surface area (Å²) in [5, 5.41) is 10.7. The summed E-state index contributed by atoms with van der Waals surface area (Å²) >= 11 is 0. The van der Waals surface area contributed by atoms with Crippen LogP contribution in [0, 0.1) is 15.9 Å². The molecule has 2 rings (SSSR count). The normalized spacial score (nSPS) is 10.1. The Hall–Kier alpha value is -2.67. The van der Waals surface area contributed by atoms with Crippen LogP contribution in [-0.4, -0.2) is 4.92 Å². The monoisotopic (exact) mass is 277 g/mol. The summed E-state index contributed by atoms with van der Waals surface area (Å²) in [7, 11) is 0. The lowest BCUT2D eigenvalue weighted by Crippen LogP contribution is -2.10. The Morgan fingerprint density at radius 2 is 1.95 bits per heavy atom. The maximum absolute atomic E-state index is 12.8. The number of hydrazine groups is 1. The quantitative estimate of drug-likeness (QED) is 0.498. The number of nitrogens with two attached hydrogens (primary N) is 1. The second-order valence-electron chi connectivity index (χ2n) is 3.99. The molecule has 3 N–H and O–H groups in total. The average molecular weight is 277 g/mol. The third-order valence-corrected chi connectivity index (χ3v) is 2.66. The van der Waals surface area contributed by atoms with Crippen LogP contribution in [0.1, 0.15) is 5.56 Å². The Kier molecular flexibility index (Phi) is 4.11. The second kappa shape index (κ2) is 5.98. The SMILES string of the molecule is NNc1ccc([N+](=O)[O-])cc1COc1ccc(F)cc1. The third-order valence-electron chi connectivity index (χ3n) is 2.66. The van der Waals surface area contributed by atoms with Crippen LogP contribution in [0.15, 0.2) is 42.5 Å². The summed E-state index contributed by atoms with van der Waals surface area (Å²) in [6.07, 6.45) is 0. The number of nitrogens with zero attached hydrogens (tertiary/aromatic N) is 1. The van der Waals surface area contributed by atoms with E-state index in [9.17, 15) is 14.5 Å². The zero-order valence-electron chi connectivity index (χ0n) is 10.4. The summed E-state index contributed by atoms with van der Waals surface area (Å²) in [4.78, 5) is 10.2. The van der Waals surface area contributed by atoms with Crippen LogP contribution in [0.2, 0.25) is 0 Å². The van der Waals surface area contributed by atoms with Crippen molar-refractivity contribution in [1.82, 2.24) is 0 Å². The van der Waals surface area contributed by atoms with E-state index in [2.05, 4.69) is 5.43 Å². The Bertz CT molecular complexity index is 617. The van der Waals surface area contributed by atoms with Crippen LogP contribution < -0.4 is 16.0 Å². The fourth-order valence-corrected chi connectivity index (χ4v) is 1.65. The van der Waals surface area contributed by atoms with E-state index in [-0.39, 0.29) is 18.1 Å². The van der Waals surface area contributed by atoms with Gasteiger partial charge in [0.25, 0.3) is 5.69 Å². The molecule has 0 aliphatic carbocycles. The summed E-state index contributed by atoms with van der Waals surface area (Å²) in [6.45, 7) is 0.0762. The van der Waals surface area contributed by atoms with Gasteiger partial charge in [-0.25, -0.2) is 4.39 Å². The highest BCUT2D eigenvalue weighted by Gasteiger charge is 2.11. The van der Waals surface area contributed by atoms with Crippen molar-refractivity contribution < 1.29 is 14.1 Å². The van der Waals surface area contributed by atoms with Crippen LogP contribution in [-0.2, 0) is 6.61 Å². The molecule has 0 saturated carbocycles. The van der Waals surface area contributed by atoms with Crippen LogP contribution in [0.3, 0.4) is 0 Å². The number of nitrogen functional groups attached to an aromatic ring is 1. The lowest BCUT2D eigenvalue weighted by atomic mass is 10.1. The number of benzene rings is 2. The number of non-ortho nitro benzene ring substituents is 1. The molecule has 0 heterocycles. The smallest absolute Gasteiger partial charge is 0.269 e. The van der Waals surface area contributed by atoms with Gasteiger partial charge in [-0.1, -0.05) is 0 Å². The number of nitro benzene ring substituents is 1. The Morgan fingerprint density at radius 3 is 2.55 bits per heavy atom. The number of nitro groups is 1. The van der Waals surface area contributed by atoms with Gasteiger partial charge in [-0.15, -0.1) is 0 Å². The molecule has 2 aromatic carbocycles. The Balaban J connectivity index is 2.16. The van der Waals surface area contributed by atoms with E-state index in [1.54, 1.807) is 0 Å². The molecular formula is C13H12FN3O3.